The van der Waals surface area contributed by atoms with E-state index in [1.807, 2.05) is 0 Å². The summed E-state index contributed by atoms with van der Waals surface area (Å²) >= 11 is 0. The molecule has 21 heavy (non-hydrogen) atoms. The van der Waals surface area contributed by atoms with Crippen molar-refractivity contribution in [1.29, 1.82) is 0 Å². The molecule has 0 saturated carbocycles. The number of benzene rings is 1. The molecule has 0 bridgehead atoms. The van der Waals surface area contributed by atoms with Crippen LogP contribution in [0.2, 0.25) is 0 Å². The normalized spacial score (nSPS) is 10.0. The highest BCUT2D eigenvalue weighted by Crippen LogP contribution is 2.19. The molecule has 2 rings (SSSR count). The molecule has 0 unspecified atom stereocenters. The van der Waals surface area contributed by atoms with E-state index in [1.165, 1.54) is 13.3 Å². The molecule has 110 valence electrons. The van der Waals surface area contributed by atoms with E-state index >= 15 is 0 Å². The van der Waals surface area contributed by atoms with Gasteiger partial charge in [-0.05, 0) is 30.3 Å². The average Bonchev–Trinajstić information content (AvgIpc) is 2.54. The number of aromatic nitrogens is 1. The molecule has 0 aliphatic heterocycles. The van der Waals surface area contributed by atoms with Gasteiger partial charge >= 0.3 is 0 Å². The van der Waals surface area contributed by atoms with Gasteiger partial charge in [-0.25, -0.2) is 0 Å². The first kappa shape index (κ1) is 14.8. The van der Waals surface area contributed by atoms with Gasteiger partial charge in [-0.3, -0.25) is 9.78 Å². The maximum Gasteiger partial charge on any atom is 0.259 e. The minimum absolute atomic E-state index is 0.259. The summed E-state index contributed by atoms with van der Waals surface area (Å²) in [4.78, 5) is 16.1. The standard InChI is InChI=1S/C15H17N3O3/c1-20-14-10-17-8-6-13(14)15(19)18-11-2-4-12(5-3-11)21-9-7-16/h2-6,8,10H,7,9,16H2,1H3,(H,18,19). The van der Waals surface area contributed by atoms with E-state index in [2.05, 4.69) is 10.3 Å². The van der Waals surface area contributed by atoms with E-state index in [-0.39, 0.29) is 5.91 Å². The van der Waals surface area contributed by atoms with Gasteiger partial charge in [0.05, 0.1) is 18.9 Å². The molecule has 0 aliphatic carbocycles. The lowest BCUT2D eigenvalue weighted by Gasteiger charge is -2.09. The molecule has 0 atom stereocenters. The highest BCUT2D eigenvalue weighted by molar-refractivity contribution is 6.06. The maximum absolute atomic E-state index is 12.2. The number of pyridine rings is 1. The third kappa shape index (κ3) is 3.93. The van der Waals surface area contributed by atoms with Gasteiger partial charge in [0, 0.05) is 18.4 Å². The Balaban J connectivity index is 2.05. The Labute approximate surface area is 122 Å². The third-order valence-corrected chi connectivity index (χ3v) is 2.75. The van der Waals surface area contributed by atoms with Crippen molar-refractivity contribution in [3.63, 3.8) is 0 Å². The molecule has 6 nitrogen and oxygen atoms in total. The SMILES string of the molecule is COc1cnccc1C(=O)Nc1ccc(OCCN)cc1. The quantitative estimate of drug-likeness (QED) is 0.844. The molecule has 1 aromatic heterocycles. The smallest absolute Gasteiger partial charge is 0.259 e. The Morgan fingerprint density at radius 2 is 2.05 bits per heavy atom. The molecule has 1 heterocycles. The number of amides is 1. The van der Waals surface area contributed by atoms with Crippen molar-refractivity contribution in [2.75, 3.05) is 25.6 Å². The van der Waals surface area contributed by atoms with Gasteiger partial charge in [0.2, 0.25) is 0 Å². The van der Waals surface area contributed by atoms with Gasteiger partial charge in [-0.1, -0.05) is 0 Å². The highest BCUT2D eigenvalue weighted by Gasteiger charge is 2.12. The Bertz CT molecular complexity index is 599. The molecular weight excluding hydrogens is 270 g/mol. The minimum Gasteiger partial charge on any atom is -0.494 e. The van der Waals surface area contributed by atoms with Crippen LogP contribution in [-0.4, -0.2) is 31.2 Å². The number of methoxy groups -OCH3 is 1. The van der Waals surface area contributed by atoms with Crippen LogP contribution in [0.5, 0.6) is 11.5 Å². The third-order valence-electron chi connectivity index (χ3n) is 2.75. The van der Waals surface area contributed by atoms with Gasteiger partial charge in [-0.2, -0.15) is 0 Å². The predicted molar refractivity (Wildman–Crippen MR) is 79.7 cm³/mol. The molecule has 2 aromatic rings. The zero-order valence-corrected chi connectivity index (χ0v) is 11.7. The fourth-order valence-corrected chi connectivity index (χ4v) is 1.74. The molecule has 3 N–H and O–H groups in total. The number of carbonyl (C=O) groups is 1. The molecular formula is C15H17N3O3. The summed E-state index contributed by atoms with van der Waals surface area (Å²) in [7, 11) is 1.50. The van der Waals surface area contributed by atoms with Crippen molar-refractivity contribution in [3.8, 4) is 11.5 Å². The second-order valence-corrected chi connectivity index (χ2v) is 4.19. The average molecular weight is 287 g/mol. The van der Waals surface area contributed by atoms with Crippen molar-refractivity contribution < 1.29 is 14.3 Å². The molecule has 0 saturated heterocycles. The van der Waals surface area contributed by atoms with Gasteiger partial charge in [0.25, 0.3) is 5.91 Å². The lowest BCUT2D eigenvalue weighted by molar-refractivity contribution is 0.102. The summed E-state index contributed by atoms with van der Waals surface area (Å²) in [5, 5.41) is 2.79. The number of anilines is 1. The van der Waals surface area contributed by atoms with E-state index in [0.29, 0.717) is 35.9 Å². The number of ether oxygens (including phenoxy) is 2. The summed E-state index contributed by atoms with van der Waals surface area (Å²) in [6.45, 7) is 0.917. The van der Waals surface area contributed by atoms with Crippen molar-refractivity contribution in [1.82, 2.24) is 4.98 Å². The fourth-order valence-electron chi connectivity index (χ4n) is 1.74. The molecule has 0 spiro atoms. The number of carbonyl (C=O) groups excluding carboxylic acids is 1. The fraction of sp³-hybridized carbons (Fsp3) is 0.200. The van der Waals surface area contributed by atoms with Crippen LogP contribution in [0, 0.1) is 0 Å². The summed E-state index contributed by atoms with van der Waals surface area (Å²) in [6.07, 6.45) is 3.04. The van der Waals surface area contributed by atoms with Crippen LogP contribution in [0.25, 0.3) is 0 Å². The van der Waals surface area contributed by atoms with E-state index in [1.54, 1.807) is 36.5 Å². The lowest BCUT2D eigenvalue weighted by Crippen LogP contribution is -2.13. The summed E-state index contributed by atoms with van der Waals surface area (Å²) in [5.41, 5.74) is 6.46. The lowest BCUT2D eigenvalue weighted by atomic mass is 10.2. The zero-order chi connectivity index (χ0) is 15.1. The number of hydrogen-bond acceptors (Lipinski definition) is 5. The number of nitrogens with two attached hydrogens (primary N) is 1. The minimum atomic E-state index is -0.259. The molecule has 0 fully saturated rings. The summed E-state index contributed by atoms with van der Waals surface area (Å²) in [5.74, 6) is 0.878. The first-order chi connectivity index (χ1) is 10.2. The van der Waals surface area contributed by atoms with Gasteiger partial charge in [-0.15, -0.1) is 0 Å². The van der Waals surface area contributed by atoms with Crippen molar-refractivity contribution in [3.05, 3.63) is 48.3 Å². The van der Waals surface area contributed by atoms with Crippen LogP contribution in [0.3, 0.4) is 0 Å². The van der Waals surface area contributed by atoms with Crippen molar-refractivity contribution in [2.45, 2.75) is 0 Å². The summed E-state index contributed by atoms with van der Waals surface area (Å²) < 4.78 is 10.5. The maximum atomic E-state index is 12.2. The van der Waals surface area contributed by atoms with Crippen LogP contribution in [0.4, 0.5) is 5.69 Å². The summed E-state index contributed by atoms with van der Waals surface area (Å²) in [6, 6.07) is 8.67. The van der Waals surface area contributed by atoms with Gasteiger partial charge in [0.1, 0.15) is 18.1 Å². The van der Waals surface area contributed by atoms with E-state index in [0.717, 1.165) is 0 Å². The van der Waals surface area contributed by atoms with Crippen molar-refractivity contribution >= 4 is 11.6 Å². The Morgan fingerprint density at radius 3 is 2.71 bits per heavy atom. The number of nitrogens with zero attached hydrogens (tertiary/aromatic N) is 1. The van der Waals surface area contributed by atoms with Gasteiger partial charge in [0.15, 0.2) is 0 Å². The monoisotopic (exact) mass is 287 g/mol. The second kappa shape index (κ2) is 7.25. The van der Waals surface area contributed by atoms with Crippen LogP contribution in [-0.2, 0) is 0 Å². The van der Waals surface area contributed by atoms with Crippen LogP contribution in [0.1, 0.15) is 10.4 Å². The largest absolute Gasteiger partial charge is 0.494 e. The molecule has 0 aliphatic rings. The Kier molecular flexibility index (Phi) is 5.11. The number of nitrogens with one attached hydrogen (secondary N) is 1. The van der Waals surface area contributed by atoms with Crippen LogP contribution in [0.15, 0.2) is 42.7 Å². The predicted octanol–water partition coefficient (Wildman–Crippen LogP) is 1.68. The Hall–Kier alpha value is -2.60. The molecule has 0 radical (unpaired) electrons. The van der Waals surface area contributed by atoms with Gasteiger partial charge < -0.3 is 20.5 Å². The topological polar surface area (TPSA) is 86.5 Å². The molecule has 1 aromatic carbocycles. The van der Waals surface area contributed by atoms with E-state index in [4.69, 9.17) is 15.2 Å². The van der Waals surface area contributed by atoms with Crippen LogP contribution >= 0.6 is 0 Å². The van der Waals surface area contributed by atoms with E-state index < -0.39 is 0 Å². The first-order valence-electron chi connectivity index (χ1n) is 6.47. The van der Waals surface area contributed by atoms with Crippen molar-refractivity contribution in [2.24, 2.45) is 5.73 Å². The number of hydrogen-bond donors (Lipinski definition) is 2. The Morgan fingerprint density at radius 1 is 1.29 bits per heavy atom. The van der Waals surface area contributed by atoms with Crippen LogP contribution < -0.4 is 20.5 Å². The first-order valence-corrected chi connectivity index (χ1v) is 6.47. The second-order valence-electron chi connectivity index (χ2n) is 4.19. The molecule has 6 heteroatoms. The zero-order valence-electron chi connectivity index (χ0n) is 11.7. The highest BCUT2D eigenvalue weighted by atomic mass is 16.5. The number of rotatable bonds is 6. The molecule has 1 amide bonds. The van der Waals surface area contributed by atoms with E-state index in [9.17, 15) is 4.79 Å².